The van der Waals surface area contributed by atoms with Gasteiger partial charge < -0.3 is 5.32 Å². The highest BCUT2D eigenvalue weighted by Gasteiger charge is 2.11. The molecule has 0 aliphatic heterocycles. The first-order chi connectivity index (χ1) is 6.66. The third-order valence-electron chi connectivity index (χ3n) is 2.30. The topological polar surface area (TPSA) is 46.9 Å². The number of hydrogen-bond donors (Lipinski definition) is 1. The molecule has 1 aromatic rings. The van der Waals surface area contributed by atoms with E-state index in [0.717, 1.165) is 25.1 Å². The summed E-state index contributed by atoms with van der Waals surface area (Å²) in [5.41, 5.74) is 1.57. The normalized spacial score (nSPS) is 10.2. The first-order valence-electron chi connectivity index (χ1n) is 4.93. The Labute approximate surface area is 84.3 Å². The minimum absolute atomic E-state index is 0.0240. The molecule has 0 radical (unpaired) electrons. The Balaban J connectivity index is 2.56. The van der Waals surface area contributed by atoms with Crippen molar-refractivity contribution in [3.05, 3.63) is 17.5 Å². The summed E-state index contributed by atoms with van der Waals surface area (Å²) in [7, 11) is 1.83. The van der Waals surface area contributed by atoms with E-state index in [-0.39, 0.29) is 5.91 Å². The summed E-state index contributed by atoms with van der Waals surface area (Å²) in [4.78, 5) is 11.6. The maximum atomic E-state index is 11.6. The predicted molar refractivity (Wildman–Crippen MR) is 55.2 cm³/mol. The van der Waals surface area contributed by atoms with Crippen molar-refractivity contribution >= 4 is 5.91 Å². The van der Waals surface area contributed by atoms with Crippen LogP contribution in [-0.2, 0) is 7.05 Å². The predicted octanol–water partition coefficient (Wildman–Crippen LogP) is 1.26. The SMILES string of the molecule is CCCCNC(=O)c1cnn(C)c1C. The first-order valence-corrected chi connectivity index (χ1v) is 4.93. The van der Waals surface area contributed by atoms with E-state index < -0.39 is 0 Å². The number of nitrogens with one attached hydrogen (secondary N) is 1. The molecule has 0 aromatic carbocycles. The zero-order valence-corrected chi connectivity index (χ0v) is 9.00. The molecule has 1 aromatic heterocycles. The first kappa shape index (κ1) is 10.8. The number of aryl methyl sites for hydroxylation is 1. The zero-order chi connectivity index (χ0) is 10.6. The van der Waals surface area contributed by atoms with E-state index in [1.165, 1.54) is 0 Å². The lowest BCUT2D eigenvalue weighted by molar-refractivity contribution is 0.0952. The van der Waals surface area contributed by atoms with Gasteiger partial charge in [-0.15, -0.1) is 0 Å². The molecule has 4 heteroatoms. The Morgan fingerprint density at radius 1 is 1.64 bits per heavy atom. The van der Waals surface area contributed by atoms with Gasteiger partial charge in [-0.3, -0.25) is 9.48 Å². The lowest BCUT2D eigenvalue weighted by atomic mass is 10.2. The van der Waals surface area contributed by atoms with Crippen LogP contribution >= 0.6 is 0 Å². The average molecular weight is 195 g/mol. The second-order valence-electron chi connectivity index (χ2n) is 3.38. The van der Waals surface area contributed by atoms with Crippen LogP contribution in [0.1, 0.15) is 35.8 Å². The molecule has 1 N–H and O–H groups in total. The second-order valence-corrected chi connectivity index (χ2v) is 3.38. The molecule has 0 spiro atoms. The number of rotatable bonds is 4. The smallest absolute Gasteiger partial charge is 0.254 e. The zero-order valence-electron chi connectivity index (χ0n) is 9.00. The molecule has 0 atom stereocenters. The number of carbonyl (C=O) groups excluding carboxylic acids is 1. The Bertz CT molecular complexity index is 317. The second kappa shape index (κ2) is 4.79. The van der Waals surface area contributed by atoms with E-state index in [1.54, 1.807) is 10.9 Å². The van der Waals surface area contributed by atoms with Gasteiger partial charge in [0.25, 0.3) is 5.91 Å². The van der Waals surface area contributed by atoms with Crippen molar-refractivity contribution in [3.8, 4) is 0 Å². The van der Waals surface area contributed by atoms with E-state index in [0.29, 0.717) is 5.56 Å². The van der Waals surface area contributed by atoms with Gasteiger partial charge in [0.1, 0.15) is 0 Å². The molecule has 0 saturated heterocycles. The Hall–Kier alpha value is -1.32. The van der Waals surface area contributed by atoms with Crippen molar-refractivity contribution in [1.82, 2.24) is 15.1 Å². The molecule has 0 bridgehead atoms. The summed E-state index contributed by atoms with van der Waals surface area (Å²) in [5.74, 6) is -0.0240. The standard InChI is InChI=1S/C10H17N3O/c1-4-5-6-11-10(14)9-7-12-13(3)8(9)2/h7H,4-6H2,1-3H3,(H,11,14). The summed E-state index contributed by atoms with van der Waals surface area (Å²) < 4.78 is 1.70. The molecule has 1 amide bonds. The van der Waals surface area contributed by atoms with Crippen molar-refractivity contribution in [2.24, 2.45) is 7.05 Å². The van der Waals surface area contributed by atoms with Crippen molar-refractivity contribution < 1.29 is 4.79 Å². The van der Waals surface area contributed by atoms with Gasteiger partial charge in [-0.25, -0.2) is 0 Å². The fraction of sp³-hybridized carbons (Fsp3) is 0.600. The number of amides is 1. The van der Waals surface area contributed by atoms with Crippen molar-refractivity contribution in [3.63, 3.8) is 0 Å². The number of carbonyl (C=O) groups is 1. The fourth-order valence-electron chi connectivity index (χ4n) is 1.20. The largest absolute Gasteiger partial charge is 0.352 e. The van der Waals surface area contributed by atoms with Gasteiger partial charge in [0.2, 0.25) is 0 Å². The van der Waals surface area contributed by atoms with Crippen molar-refractivity contribution in [1.29, 1.82) is 0 Å². The van der Waals surface area contributed by atoms with E-state index in [4.69, 9.17) is 0 Å². The van der Waals surface area contributed by atoms with Crippen LogP contribution in [0, 0.1) is 6.92 Å². The van der Waals surface area contributed by atoms with E-state index >= 15 is 0 Å². The van der Waals surface area contributed by atoms with Gasteiger partial charge in [0.05, 0.1) is 11.8 Å². The Morgan fingerprint density at radius 2 is 2.36 bits per heavy atom. The van der Waals surface area contributed by atoms with Gasteiger partial charge in [0.15, 0.2) is 0 Å². The highest BCUT2D eigenvalue weighted by atomic mass is 16.1. The highest BCUT2D eigenvalue weighted by molar-refractivity contribution is 5.94. The monoisotopic (exact) mass is 195 g/mol. The van der Waals surface area contributed by atoms with Crippen LogP contribution in [0.5, 0.6) is 0 Å². The molecule has 78 valence electrons. The third-order valence-corrected chi connectivity index (χ3v) is 2.30. The molecular weight excluding hydrogens is 178 g/mol. The average Bonchev–Trinajstić information content (AvgIpc) is 2.48. The minimum atomic E-state index is -0.0240. The number of nitrogens with zero attached hydrogens (tertiary/aromatic N) is 2. The molecule has 1 rings (SSSR count). The Kier molecular flexibility index (Phi) is 3.68. The van der Waals surface area contributed by atoms with Gasteiger partial charge in [-0.2, -0.15) is 5.10 Å². The molecular formula is C10H17N3O. The molecule has 1 heterocycles. The number of unbranched alkanes of at least 4 members (excludes halogenated alkanes) is 1. The van der Waals surface area contributed by atoms with Crippen LogP contribution in [0.3, 0.4) is 0 Å². The third kappa shape index (κ3) is 2.34. The van der Waals surface area contributed by atoms with Gasteiger partial charge in [0, 0.05) is 19.3 Å². The summed E-state index contributed by atoms with van der Waals surface area (Å²) in [6.07, 6.45) is 3.72. The Morgan fingerprint density at radius 3 is 2.86 bits per heavy atom. The van der Waals surface area contributed by atoms with Gasteiger partial charge in [-0.05, 0) is 13.3 Å². The highest BCUT2D eigenvalue weighted by Crippen LogP contribution is 2.04. The van der Waals surface area contributed by atoms with Gasteiger partial charge >= 0.3 is 0 Å². The summed E-state index contributed by atoms with van der Waals surface area (Å²) in [5, 5.41) is 6.88. The van der Waals surface area contributed by atoms with Crippen LogP contribution in [0.15, 0.2) is 6.20 Å². The molecule has 0 unspecified atom stereocenters. The maximum absolute atomic E-state index is 11.6. The molecule has 0 saturated carbocycles. The summed E-state index contributed by atoms with van der Waals surface area (Å²) >= 11 is 0. The molecule has 0 fully saturated rings. The van der Waals surface area contributed by atoms with Crippen LogP contribution < -0.4 is 5.32 Å². The lowest BCUT2D eigenvalue weighted by Gasteiger charge is -2.03. The van der Waals surface area contributed by atoms with Crippen LogP contribution in [-0.4, -0.2) is 22.2 Å². The molecule has 14 heavy (non-hydrogen) atoms. The van der Waals surface area contributed by atoms with Gasteiger partial charge in [-0.1, -0.05) is 13.3 Å². The van der Waals surface area contributed by atoms with E-state index in [9.17, 15) is 4.79 Å². The number of hydrogen-bond acceptors (Lipinski definition) is 2. The molecule has 0 aliphatic carbocycles. The number of aromatic nitrogens is 2. The van der Waals surface area contributed by atoms with E-state index in [1.807, 2.05) is 14.0 Å². The van der Waals surface area contributed by atoms with E-state index in [2.05, 4.69) is 17.3 Å². The summed E-state index contributed by atoms with van der Waals surface area (Å²) in [6, 6.07) is 0. The lowest BCUT2D eigenvalue weighted by Crippen LogP contribution is -2.24. The maximum Gasteiger partial charge on any atom is 0.254 e. The summed E-state index contributed by atoms with van der Waals surface area (Å²) in [6.45, 7) is 4.73. The van der Waals surface area contributed by atoms with Crippen molar-refractivity contribution in [2.75, 3.05) is 6.54 Å². The molecule has 4 nitrogen and oxygen atoms in total. The van der Waals surface area contributed by atoms with Crippen LogP contribution in [0.25, 0.3) is 0 Å². The minimum Gasteiger partial charge on any atom is -0.352 e. The fourth-order valence-corrected chi connectivity index (χ4v) is 1.20. The van der Waals surface area contributed by atoms with Crippen molar-refractivity contribution in [2.45, 2.75) is 26.7 Å². The molecule has 0 aliphatic rings. The quantitative estimate of drug-likeness (QED) is 0.735. The van der Waals surface area contributed by atoms with Crippen LogP contribution in [0.4, 0.5) is 0 Å². The van der Waals surface area contributed by atoms with Crippen LogP contribution in [0.2, 0.25) is 0 Å².